The van der Waals surface area contributed by atoms with Gasteiger partial charge in [0.2, 0.25) is 0 Å². The van der Waals surface area contributed by atoms with E-state index in [4.69, 9.17) is 19.5 Å². The largest absolute Gasteiger partial charge is 0.486 e. The van der Waals surface area contributed by atoms with Crippen LogP contribution in [0.3, 0.4) is 0 Å². The Morgan fingerprint density at radius 1 is 1.26 bits per heavy atom. The van der Waals surface area contributed by atoms with Crippen molar-refractivity contribution in [3.05, 3.63) is 42.2 Å². The molecule has 0 radical (unpaired) electrons. The van der Waals surface area contributed by atoms with Crippen molar-refractivity contribution >= 4 is 17.6 Å². The maximum absolute atomic E-state index is 12.6. The molecular formula is C19H19N3O5. The highest BCUT2D eigenvalue weighted by molar-refractivity contribution is 5.97. The van der Waals surface area contributed by atoms with E-state index in [1.807, 2.05) is 6.07 Å². The van der Waals surface area contributed by atoms with E-state index in [2.05, 4.69) is 0 Å². The van der Waals surface area contributed by atoms with Crippen LogP contribution < -0.4 is 14.4 Å². The maximum Gasteiger partial charge on any atom is 0.355 e. The molecule has 140 valence electrons. The third kappa shape index (κ3) is 4.20. The summed E-state index contributed by atoms with van der Waals surface area (Å²) < 4.78 is 17.8. The van der Waals surface area contributed by atoms with Crippen LogP contribution in [0.15, 0.2) is 36.5 Å². The van der Waals surface area contributed by atoms with Crippen molar-refractivity contribution in [1.29, 1.82) is 5.26 Å². The quantitative estimate of drug-likeness (QED) is 0.722. The molecule has 2 heterocycles. The molecule has 0 spiro atoms. The van der Waals surface area contributed by atoms with Gasteiger partial charge in [-0.25, -0.2) is 4.79 Å². The van der Waals surface area contributed by atoms with E-state index >= 15 is 0 Å². The first-order valence-corrected chi connectivity index (χ1v) is 8.45. The summed E-state index contributed by atoms with van der Waals surface area (Å²) in [6, 6.07) is 10.5. The van der Waals surface area contributed by atoms with Crippen LogP contribution in [0.25, 0.3) is 0 Å². The normalized spacial score (nSPS) is 12.1. The molecule has 0 unspecified atom stereocenters. The third-order valence-electron chi connectivity index (χ3n) is 4.07. The second-order valence-electron chi connectivity index (χ2n) is 5.86. The van der Waals surface area contributed by atoms with Crippen LogP contribution in [-0.4, -0.2) is 42.8 Å². The number of amides is 1. The second-order valence-corrected chi connectivity index (χ2v) is 5.86. The van der Waals surface area contributed by atoms with Crippen LogP contribution >= 0.6 is 0 Å². The summed E-state index contributed by atoms with van der Waals surface area (Å²) in [5, 5.41) is 8.89. The number of ether oxygens (including phenoxy) is 3. The second kappa shape index (κ2) is 8.27. The zero-order chi connectivity index (χ0) is 19.2. The van der Waals surface area contributed by atoms with Gasteiger partial charge in [0.05, 0.1) is 12.5 Å². The molecule has 1 aromatic carbocycles. The van der Waals surface area contributed by atoms with Gasteiger partial charge in [-0.2, -0.15) is 5.26 Å². The number of anilines is 1. The van der Waals surface area contributed by atoms with Crippen molar-refractivity contribution in [2.75, 3.05) is 31.3 Å². The number of fused-ring (bicyclic) bond motifs is 1. The summed E-state index contributed by atoms with van der Waals surface area (Å²) in [6.45, 7) is 0.649. The molecule has 0 fully saturated rings. The van der Waals surface area contributed by atoms with E-state index < -0.39 is 18.5 Å². The van der Waals surface area contributed by atoms with Crippen molar-refractivity contribution < 1.29 is 23.8 Å². The number of nitriles is 1. The Morgan fingerprint density at radius 2 is 2.04 bits per heavy atom. The van der Waals surface area contributed by atoms with Crippen molar-refractivity contribution in [3.63, 3.8) is 0 Å². The summed E-state index contributed by atoms with van der Waals surface area (Å²) >= 11 is 0. The van der Waals surface area contributed by atoms with Gasteiger partial charge >= 0.3 is 5.97 Å². The molecule has 0 atom stereocenters. The Kier molecular flexibility index (Phi) is 5.61. The molecule has 1 aliphatic rings. The van der Waals surface area contributed by atoms with Gasteiger partial charge in [0.25, 0.3) is 5.91 Å². The predicted molar refractivity (Wildman–Crippen MR) is 95.7 cm³/mol. The van der Waals surface area contributed by atoms with E-state index in [1.54, 1.807) is 48.1 Å². The van der Waals surface area contributed by atoms with Crippen molar-refractivity contribution in [3.8, 4) is 17.6 Å². The Bertz CT molecular complexity index is 884. The van der Waals surface area contributed by atoms with Gasteiger partial charge in [0.1, 0.15) is 18.9 Å². The Hall–Kier alpha value is -3.47. The molecular weight excluding hydrogens is 350 g/mol. The average Bonchev–Trinajstić information content (AvgIpc) is 3.12. The van der Waals surface area contributed by atoms with Crippen molar-refractivity contribution in [1.82, 2.24) is 4.57 Å². The molecule has 1 aromatic heterocycles. The highest BCUT2D eigenvalue weighted by atomic mass is 16.6. The molecule has 0 N–H and O–H groups in total. The number of benzene rings is 1. The van der Waals surface area contributed by atoms with Gasteiger partial charge in [-0.3, -0.25) is 4.79 Å². The number of aryl methyl sites for hydroxylation is 1. The van der Waals surface area contributed by atoms with Gasteiger partial charge in [0.15, 0.2) is 18.1 Å². The van der Waals surface area contributed by atoms with Crippen molar-refractivity contribution in [2.45, 2.75) is 6.42 Å². The van der Waals surface area contributed by atoms with Crippen LogP contribution in [-0.2, 0) is 16.6 Å². The minimum Gasteiger partial charge on any atom is -0.486 e. The van der Waals surface area contributed by atoms with E-state index in [0.29, 0.717) is 36.1 Å². The van der Waals surface area contributed by atoms with Crippen molar-refractivity contribution in [2.24, 2.45) is 7.05 Å². The van der Waals surface area contributed by atoms with E-state index in [-0.39, 0.29) is 13.0 Å². The van der Waals surface area contributed by atoms with E-state index in [1.165, 1.54) is 4.90 Å². The minimum atomic E-state index is -0.585. The van der Waals surface area contributed by atoms with Crippen LogP contribution in [0.1, 0.15) is 16.9 Å². The lowest BCUT2D eigenvalue weighted by Crippen LogP contribution is -2.35. The number of rotatable bonds is 6. The number of aromatic nitrogens is 1. The van der Waals surface area contributed by atoms with Crippen LogP contribution in [0.5, 0.6) is 11.5 Å². The molecule has 0 saturated heterocycles. The van der Waals surface area contributed by atoms with Crippen LogP contribution in [0, 0.1) is 11.3 Å². The molecule has 1 aliphatic heterocycles. The zero-order valence-corrected chi connectivity index (χ0v) is 14.9. The molecule has 8 nitrogen and oxygen atoms in total. The molecule has 3 rings (SSSR count). The maximum atomic E-state index is 12.6. The first kappa shape index (κ1) is 18.3. The first-order chi connectivity index (χ1) is 13.1. The van der Waals surface area contributed by atoms with E-state index in [0.717, 1.165) is 0 Å². The molecule has 0 saturated carbocycles. The predicted octanol–water partition coefficient (Wildman–Crippen LogP) is 1.90. The number of nitrogens with zero attached hydrogens (tertiary/aromatic N) is 3. The van der Waals surface area contributed by atoms with Gasteiger partial charge in [-0.15, -0.1) is 0 Å². The average molecular weight is 369 g/mol. The summed E-state index contributed by atoms with van der Waals surface area (Å²) in [5.41, 5.74) is 0.903. The number of carbonyl (C=O) groups excluding carboxylic acids is 2. The number of carbonyl (C=O) groups is 2. The van der Waals surface area contributed by atoms with E-state index in [9.17, 15) is 9.59 Å². The number of hydrogen-bond acceptors (Lipinski definition) is 6. The standard InChI is InChI=1S/C19H19N3O5/c1-21-8-2-4-15(21)19(24)27-13-18(23)22(9-3-7-20)14-5-6-16-17(12-14)26-11-10-25-16/h2,4-6,8,12H,3,9-11,13H2,1H3. The highest BCUT2D eigenvalue weighted by Crippen LogP contribution is 2.34. The topological polar surface area (TPSA) is 93.8 Å². The fourth-order valence-corrected chi connectivity index (χ4v) is 2.71. The molecule has 2 aromatic rings. The van der Waals surface area contributed by atoms with Gasteiger partial charge in [-0.05, 0) is 24.3 Å². The minimum absolute atomic E-state index is 0.145. The monoisotopic (exact) mass is 369 g/mol. The van der Waals surface area contributed by atoms with Gasteiger partial charge < -0.3 is 23.7 Å². The summed E-state index contributed by atoms with van der Waals surface area (Å²) in [4.78, 5) is 26.1. The SMILES string of the molecule is Cn1cccc1C(=O)OCC(=O)N(CCC#N)c1ccc2c(c1)OCCO2. The smallest absolute Gasteiger partial charge is 0.355 e. The number of esters is 1. The summed E-state index contributed by atoms with van der Waals surface area (Å²) in [5.74, 6) is 0.130. The molecule has 0 aliphatic carbocycles. The third-order valence-corrected chi connectivity index (χ3v) is 4.07. The first-order valence-electron chi connectivity index (χ1n) is 8.45. The molecule has 27 heavy (non-hydrogen) atoms. The number of hydrogen-bond donors (Lipinski definition) is 0. The highest BCUT2D eigenvalue weighted by Gasteiger charge is 2.21. The fourth-order valence-electron chi connectivity index (χ4n) is 2.71. The Labute approximate surface area is 156 Å². The fraction of sp³-hybridized carbons (Fsp3) is 0.316. The lowest BCUT2D eigenvalue weighted by atomic mass is 10.2. The Morgan fingerprint density at radius 3 is 2.74 bits per heavy atom. The molecule has 8 heteroatoms. The van der Waals surface area contributed by atoms with Gasteiger partial charge in [-0.1, -0.05) is 0 Å². The lowest BCUT2D eigenvalue weighted by molar-refractivity contribution is -0.121. The zero-order valence-electron chi connectivity index (χ0n) is 14.9. The summed E-state index contributed by atoms with van der Waals surface area (Å²) in [7, 11) is 1.72. The molecule has 1 amide bonds. The van der Waals surface area contributed by atoms with Crippen LogP contribution in [0.4, 0.5) is 5.69 Å². The lowest BCUT2D eigenvalue weighted by Gasteiger charge is -2.24. The molecule has 0 bridgehead atoms. The summed E-state index contributed by atoms with van der Waals surface area (Å²) in [6.07, 6.45) is 1.86. The van der Waals surface area contributed by atoms with Crippen LogP contribution in [0.2, 0.25) is 0 Å². The Balaban J connectivity index is 1.72. The van der Waals surface area contributed by atoms with Gasteiger partial charge in [0, 0.05) is 31.5 Å².